The lowest BCUT2D eigenvalue weighted by atomic mass is 9.94. The Hall–Kier alpha value is -1.02. The van der Waals surface area contributed by atoms with Crippen LogP contribution in [-0.2, 0) is 6.42 Å². The summed E-state index contributed by atoms with van der Waals surface area (Å²) >= 11 is 0. The summed E-state index contributed by atoms with van der Waals surface area (Å²) in [6.45, 7) is 3.42. The molecular formula is C19H30N2. The molecule has 0 bridgehead atoms. The van der Waals surface area contributed by atoms with Gasteiger partial charge in [0.15, 0.2) is 0 Å². The van der Waals surface area contributed by atoms with Gasteiger partial charge in [-0.3, -0.25) is 0 Å². The summed E-state index contributed by atoms with van der Waals surface area (Å²) in [7, 11) is 0. The molecule has 21 heavy (non-hydrogen) atoms. The van der Waals surface area contributed by atoms with Crippen molar-refractivity contribution in [3.05, 3.63) is 29.8 Å². The van der Waals surface area contributed by atoms with Gasteiger partial charge in [0.05, 0.1) is 0 Å². The summed E-state index contributed by atoms with van der Waals surface area (Å²) in [4.78, 5) is 2.72. The Morgan fingerprint density at radius 2 is 1.90 bits per heavy atom. The topological polar surface area (TPSA) is 29.3 Å². The van der Waals surface area contributed by atoms with Gasteiger partial charge in [-0.25, -0.2) is 0 Å². The van der Waals surface area contributed by atoms with Crippen molar-refractivity contribution in [1.29, 1.82) is 0 Å². The van der Waals surface area contributed by atoms with E-state index in [-0.39, 0.29) is 0 Å². The predicted octanol–water partition coefficient (Wildman–Crippen LogP) is 4.13. The molecule has 1 aliphatic heterocycles. The van der Waals surface area contributed by atoms with E-state index in [0.717, 1.165) is 24.8 Å². The van der Waals surface area contributed by atoms with Crippen LogP contribution in [0.3, 0.4) is 0 Å². The summed E-state index contributed by atoms with van der Waals surface area (Å²) in [5.41, 5.74) is 9.13. The molecule has 0 amide bonds. The van der Waals surface area contributed by atoms with Gasteiger partial charge in [-0.2, -0.15) is 0 Å². The first-order valence-electron chi connectivity index (χ1n) is 8.89. The minimum Gasteiger partial charge on any atom is -0.368 e. The van der Waals surface area contributed by atoms with Crippen molar-refractivity contribution in [2.45, 2.75) is 70.4 Å². The second-order valence-corrected chi connectivity index (χ2v) is 6.95. The molecule has 0 spiro atoms. The number of rotatable bonds is 5. The lowest BCUT2D eigenvalue weighted by molar-refractivity contribution is 0.430. The maximum Gasteiger partial charge on any atom is 0.0401 e. The lowest BCUT2D eigenvalue weighted by Gasteiger charge is -2.33. The Bertz CT molecular complexity index is 451. The number of nitrogens with two attached hydrogens (primary N) is 1. The summed E-state index contributed by atoms with van der Waals surface area (Å²) in [5.74, 6) is 0.931. The first-order valence-corrected chi connectivity index (χ1v) is 8.89. The molecule has 0 aromatic heterocycles. The monoisotopic (exact) mass is 286 g/mol. The van der Waals surface area contributed by atoms with Crippen LogP contribution in [0.1, 0.15) is 57.4 Å². The van der Waals surface area contributed by atoms with Gasteiger partial charge in [0.1, 0.15) is 0 Å². The number of hydrogen-bond acceptors (Lipinski definition) is 2. The molecule has 2 N–H and O–H groups in total. The molecular weight excluding hydrogens is 256 g/mol. The minimum atomic E-state index is 0.290. The van der Waals surface area contributed by atoms with Crippen molar-refractivity contribution >= 4 is 5.69 Å². The van der Waals surface area contributed by atoms with Crippen LogP contribution in [-0.4, -0.2) is 18.6 Å². The third kappa shape index (κ3) is 3.26. The minimum absolute atomic E-state index is 0.290. The highest BCUT2D eigenvalue weighted by atomic mass is 15.2. The molecule has 1 saturated heterocycles. The van der Waals surface area contributed by atoms with Crippen molar-refractivity contribution in [1.82, 2.24) is 0 Å². The van der Waals surface area contributed by atoms with Crippen LogP contribution in [0.5, 0.6) is 0 Å². The van der Waals surface area contributed by atoms with Crippen molar-refractivity contribution < 1.29 is 0 Å². The SMILES string of the molecule is CCC(N)Cc1ccccc1N1CCCC1C1CCCC1. The smallest absolute Gasteiger partial charge is 0.0401 e. The van der Waals surface area contributed by atoms with Crippen molar-refractivity contribution in [3.8, 4) is 0 Å². The van der Waals surface area contributed by atoms with E-state index in [0.29, 0.717) is 6.04 Å². The molecule has 1 saturated carbocycles. The van der Waals surface area contributed by atoms with Crippen LogP contribution < -0.4 is 10.6 Å². The Labute approximate surface area is 129 Å². The van der Waals surface area contributed by atoms with Gasteiger partial charge in [-0.1, -0.05) is 38.0 Å². The second kappa shape index (κ2) is 6.83. The van der Waals surface area contributed by atoms with E-state index in [1.54, 1.807) is 0 Å². The summed E-state index contributed by atoms with van der Waals surface area (Å²) < 4.78 is 0. The Balaban J connectivity index is 1.81. The number of nitrogens with zero attached hydrogens (tertiary/aromatic N) is 1. The molecule has 2 fully saturated rings. The van der Waals surface area contributed by atoms with Crippen LogP contribution in [0.2, 0.25) is 0 Å². The molecule has 0 radical (unpaired) electrons. The summed E-state index contributed by atoms with van der Waals surface area (Å²) in [6.07, 6.45) is 10.6. The average molecular weight is 286 g/mol. The molecule has 2 heteroatoms. The third-order valence-corrected chi connectivity index (χ3v) is 5.55. The lowest BCUT2D eigenvalue weighted by Crippen LogP contribution is -2.35. The Morgan fingerprint density at radius 1 is 1.14 bits per heavy atom. The maximum atomic E-state index is 6.21. The molecule has 1 heterocycles. The molecule has 2 atom stereocenters. The van der Waals surface area contributed by atoms with Crippen molar-refractivity contribution in [2.24, 2.45) is 11.7 Å². The number of hydrogen-bond donors (Lipinski definition) is 1. The van der Waals surface area contributed by atoms with E-state index in [9.17, 15) is 0 Å². The highest BCUT2D eigenvalue weighted by Gasteiger charge is 2.34. The number of para-hydroxylation sites is 1. The van der Waals surface area contributed by atoms with Gasteiger partial charge in [0.2, 0.25) is 0 Å². The van der Waals surface area contributed by atoms with E-state index >= 15 is 0 Å². The van der Waals surface area contributed by atoms with E-state index < -0.39 is 0 Å². The van der Waals surface area contributed by atoms with Gasteiger partial charge in [-0.15, -0.1) is 0 Å². The Kier molecular flexibility index (Phi) is 4.84. The predicted molar refractivity (Wildman–Crippen MR) is 90.7 cm³/mol. The summed E-state index contributed by atoms with van der Waals surface area (Å²) in [6, 6.07) is 10.0. The average Bonchev–Trinajstić information content (AvgIpc) is 3.18. The standard InChI is InChI=1S/C19H30N2/c1-2-17(20)14-16-10-5-6-11-19(16)21-13-7-12-18(21)15-8-3-4-9-15/h5-6,10-11,15,17-18H,2-4,7-9,12-14,20H2,1H3. The zero-order valence-electron chi connectivity index (χ0n) is 13.4. The quantitative estimate of drug-likeness (QED) is 0.882. The summed E-state index contributed by atoms with van der Waals surface area (Å²) in [5, 5.41) is 0. The van der Waals surface area contributed by atoms with Crippen molar-refractivity contribution in [3.63, 3.8) is 0 Å². The van der Waals surface area contributed by atoms with Crippen LogP contribution in [0.15, 0.2) is 24.3 Å². The second-order valence-electron chi connectivity index (χ2n) is 6.95. The molecule has 1 aliphatic carbocycles. The van der Waals surface area contributed by atoms with Crippen LogP contribution in [0.25, 0.3) is 0 Å². The highest BCUT2D eigenvalue weighted by molar-refractivity contribution is 5.55. The van der Waals surface area contributed by atoms with Crippen LogP contribution in [0.4, 0.5) is 5.69 Å². The van der Waals surface area contributed by atoms with E-state index in [2.05, 4.69) is 36.1 Å². The molecule has 2 unspecified atom stereocenters. The normalized spacial score (nSPS) is 24.7. The fraction of sp³-hybridized carbons (Fsp3) is 0.684. The van der Waals surface area contributed by atoms with Gasteiger partial charge in [-0.05, 0) is 56.1 Å². The van der Waals surface area contributed by atoms with Gasteiger partial charge >= 0.3 is 0 Å². The van der Waals surface area contributed by atoms with Gasteiger partial charge in [0.25, 0.3) is 0 Å². The molecule has 3 rings (SSSR count). The fourth-order valence-electron chi connectivity index (χ4n) is 4.31. The number of benzene rings is 1. The van der Waals surface area contributed by atoms with Crippen LogP contribution >= 0.6 is 0 Å². The molecule has 1 aromatic rings. The number of anilines is 1. The largest absolute Gasteiger partial charge is 0.368 e. The molecule has 2 aliphatic rings. The zero-order valence-corrected chi connectivity index (χ0v) is 13.4. The van der Waals surface area contributed by atoms with Gasteiger partial charge < -0.3 is 10.6 Å². The van der Waals surface area contributed by atoms with E-state index in [1.807, 2.05) is 0 Å². The first kappa shape index (κ1) is 14.9. The van der Waals surface area contributed by atoms with E-state index in [4.69, 9.17) is 5.73 Å². The van der Waals surface area contributed by atoms with Crippen LogP contribution in [0, 0.1) is 5.92 Å². The first-order chi connectivity index (χ1) is 10.3. The third-order valence-electron chi connectivity index (χ3n) is 5.55. The van der Waals surface area contributed by atoms with Crippen molar-refractivity contribution in [2.75, 3.05) is 11.4 Å². The molecule has 2 nitrogen and oxygen atoms in total. The maximum absolute atomic E-state index is 6.21. The fourth-order valence-corrected chi connectivity index (χ4v) is 4.31. The molecule has 116 valence electrons. The Morgan fingerprint density at radius 3 is 2.67 bits per heavy atom. The highest BCUT2D eigenvalue weighted by Crippen LogP contribution is 2.38. The zero-order chi connectivity index (χ0) is 14.7. The molecule has 1 aromatic carbocycles. The van der Waals surface area contributed by atoms with Gasteiger partial charge in [0, 0.05) is 24.3 Å². The van der Waals surface area contributed by atoms with E-state index in [1.165, 1.54) is 56.3 Å².